The van der Waals surface area contributed by atoms with Crippen LogP contribution in [0.4, 0.5) is 16.2 Å². The third-order valence-corrected chi connectivity index (χ3v) is 5.19. The average molecular weight is 403 g/mol. The number of carbonyl (C=O) groups excluding carboxylic acids is 1. The van der Waals surface area contributed by atoms with Gasteiger partial charge in [0.15, 0.2) is 0 Å². The van der Waals surface area contributed by atoms with Crippen LogP contribution in [0.25, 0.3) is 0 Å². The molecular weight excluding hydrogens is 388 g/mol. The number of hydrogen-bond donors (Lipinski definition) is 2. The smallest absolute Gasteiger partial charge is 0.410 e. The van der Waals surface area contributed by atoms with E-state index in [0.29, 0.717) is 16.5 Å². The molecule has 0 heterocycles. The van der Waals surface area contributed by atoms with Crippen LogP contribution in [0, 0.1) is 0 Å². The molecule has 3 aromatic carbocycles. The lowest BCUT2D eigenvalue weighted by Gasteiger charge is -2.10. The Kier molecular flexibility index (Phi) is 5.63. The van der Waals surface area contributed by atoms with E-state index in [0.717, 1.165) is 0 Å². The molecule has 3 rings (SSSR count). The number of halogens is 1. The van der Waals surface area contributed by atoms with E-state index in [1.807, 2.05) is 0 Å². The molecule has 0 saturated carbocycles. The number of amides is 1. The quantitative estimate of drug-likeness (QED) is 0.644. The monoisotopic (exact) mass is 402 g/mol. The van der Waals surface area contributed by atoms with Crippen molar-refractivity contribution >= 4 is 39.1 Å². The summed E-state index contributed by atoms with van der Waals surface area (Å²) in [5.74, 6) is 0.401. The van der Waals surface area contributed by atoms with Crippen LogP contribution in [0.5, 0.6) is 5.75 Å². The summed E-state index contributed by atoms with van der Waals surface area (Å²) in [5, 5.41) is 2.82. The van der Waals surface area contributed by atoms with E-state index < -0.39 is 16.1 Å². The summed E-state index contributed by atoms with van der Waals surface area (Å²) in [6, 6.07) is 20.8. The molecule has 27 heavy (non-hydrogen) atoms. The molecule has 0 fully saturated rings. The van der Waals surface area contributed by atoms with Gasteiger partial charge in [0.05, 0.1) is 15.6 Å². The highest BCUT2D eigenvalue weighted by atomic mass is 35.5. The van der Waals surface area contributed by atoms with Gasteiger partial charge in [-0.15, -0.1) is 0 Å². The number of hydrogen-bond acceptors (Lipinski definition) is 4. The van der Waals surface area contributed by atoms with Gasteiger partial charge in [-0.3, -0.25) is 10.0 Å². The van der Waals surface area contributed by atoms with Gasteiger partial charge in [-0.2, -0.15) is 0 Å². The summed E-state index contributed by atoms with van der Waals surface area (Å²) in [5.41, 5.74) is 0.681. The van der Waals surface area contributed by atoms with E-state index >= 15 is 0 Å². The van der Waals surface area contributed by atoms with Crippen molar-refractivity contribution in [2.45, 2.75) is 4.90 Å². The molecule has 2 N–H and O–H groups in total. The number of sulfonamides is 1. The highest BCUT2D eigenvalue weighted by Crippen LogP contribution is 2.24. The molecule has 6 nitrogen and oxygen atoms in total. The molecule has 0 bridgehead atoms. The molecule has 0 radical (unpaired) electrons. The molecule has 1 amide bonds. The number of rotatable bonds is 5. The second-order valence-corrected chi connectivity index (χ2v) is 7.53. The lowest BCUT2D eigenvalue weighted by Crippen LogP contribution is -2.17. The number of nitrogens with one attached hydrogen (secondary N) is 2. The van der Waals surface area contributed by atoms with Gasteiger partial charge in [-0.05, 0) is 48.5 Å². The Morgan fingerprint density at radius 1 is 0.852 bits per heavy atom. The summed E-state index contributed by atoms with van der Waals surface area (Å²) in [6.45, 7) is 0. The maximum Gasteiger partial charge on any atom is 0.417 e. The van der Waals surface area contributed by atoms with Crippen LogP contribution in [0.15, 0.2) is 83.8 Å². The maximum absolute atomic E-state index is 12.4. The molecule has 0 spiro atoms. The Morgan fingerprint density at radius 3 is 2.15 bits per heavy atom. The second kappa shape index (κ2) is 8.11. The third kappa shape index (κ3) is 4.99. The minimum absolute atomic E-state index is 0.0318. The predicted octanol–water partition coefficient (Wildman–Crippen LogP) is 4.75. The van der Waals surface area contributed by atoms with E-state index in [1.54, 1.807) is 54.6 Å². The molecule has 3 aromatic rings. The zero-order valence-corrected chi connectivity index (χ0v) is 15.5. The van der Waals surface area contributed by atoms with Crippen molar-refractivity contribution in [1.29, 1.82) is 0 Å². The van der Waals surface area contributed by atoms with Gasteiger partial charge >= 0.3 is 6.09 Å². The van der Waals surface area contributed by atoms with Crippen LogP contribution < -0.4 is 14.8 Å². The highest BCUT2D eigenvalue weighted by Gasteiger charge is 2.16. The molecule has 0 aromatic heterocycles. The largest absolute Gasteiger partial charge is 0.417 e. The molecular formula is C19H15ClN2O4S. The fraction of sp³-hybridized carbons (Fsp3) is 0. The zero-order valence-electron chi connectivity index (χ0n) is 13.9. The Hall–Kier alpha value is -3.03. The molecule has 8 heteroatoms. The van der Waals surface area contributed by atoms with Crippen molar-refractivity contribution in [2.24, 2.45) is 0 Å². The van der Waals surface area contributed by atoms with Gasteiger partial charge in [0.2, 0.25) is 0 Å². The Morgan fingerprint density at radius 2 is 1.48 bits per heavy atom. The number of anilines is 2. The first-order chi connectivity index (χ1) is 12.9. The average Bonchev–Trinajstić information content (AvgIpc) is 2.65. The van der Waals surface area contributed by atoms with Crippen LogP contribution >= 0.6 is 11.6 Å². The molecule has 0 unspecified atom stereocenters. The van der Waals surface area contributed by atoms with E-state index in [1.165, 1.54) is 24.3 Å². The van der Waals surface area contributed by atoms with Gasteiger partial charge in [0, 0.05) is 5.69 Å². The van der Waals surface area contributed by atoms with E-state index in [4.69, 9.17) is 16.3 Å². The summed E-state index contributed by atoms with van der Waals surface area (Å²) in [7, 11) is -3.81. The molecule has 0 saturated heterocycles. The van der Waals surface area contributed by atoms with E-state index in [2.05, 4.69) is 10.0 Å². The Labute approximate surface area is 161 Å². The molecule has 0 aliphatic heterocycles. The Bertz CT molecular complexity index is 1040. The lowest BCUT2D eigenvalue weighted by atomic mass is 10.3. The van der Waals surface area contributed by atoms with Crippen molar-refractivity contribution in [1.82, 2.24) is 0 Å². The first-order valence-corrected chi connectivity index (χ1v) is 9.71. The van der Waals surface area contributed by atoms with Crippen molar-refractivity contribution in [2.75, 3.05) is 10.0 Å². The number of carbonyl (C=O) groups is 1. The number of benzene rings is 3. The van der Waals surface area contributed by atoms with Crippen molar-refractivity contribution in [3.63, 3.8) is 0 Å². The highest BCUT2D eigenvalue weighted by molar-refractivity contribution is 7.92. The van der Waals surface area contributed by atoms with Crippen LogP contribution in [0.1, 0.15) is 0 Å². The van der Waals surface area contributed by atoms with Crippen molar-refractivity contribution < 1.29 is 17.9 Å². The molecule has 138 valence electrons. The van der Waals surface area contributed by atoms with Crippen molar-refractivity contribution in [3.05, 3.63) is 83.9 Å². The van der Waals surface area contributed by atoms with Gasteiger partial charge in [-0.25, -0.2) is 13.2 Å². The van der Waals surface area contributed by atoms with Crippen molar-refractivity contribution in [3.8, 4) is 5.75 Å². The SMILES string of the molecule is O=C(Nc1ccc(S(=O)(=O)Nc2ccccc2Cl)cc1)Oc1ccccc1. The lowest BCUT2D eigenvalue weighted by molar-refractivity contribution is 0.215. The van der Waals surface area contributed by atoms with Crippen LogP contribution in [-0.4, -0.2) is 14.5 Å². The first-order valence-electron chi connectivity index (χ1n) is 7.85. The third-order valence-electron chi connectivity index (χ3n) is 3.48. The minimum Gasteiger partial charge on any atom is -0.410 e. The normalized spacial score (nSPS) is 10.9. The molecule has 0 aliphatic carbocycles. The van der Waals surface area contributed by atoms with Gasteiger partial charge in [0.1, 0.15) is 5.75 Å². The van der Waals surface area contributed by atoms with Gasteiger partial charge in [0.25, 0.3) is 10.0 Å². The van der Waals surface area contributed by atoms with Gasteiger partial charge in [-0.1, -0.05) is 41.9 Å². The Balaban J connectivity index is 1.67. The summed E-state index contributed by atoms with van der Waals surface area (Å²) in [4.78, 5) is 11.9. The second-order valence-electron chi connectivity index (χ2n) is 5.44. The standard InChI is InChI=1S/C19H15ClN2O4S/c20-17-8-4-5-9-18(17)22-27(24,25)16-12-10-14(11-13-16)21-19(23)26-15-6-2-1-3-7-15/h1-13,22H,(H,21,23). The molecule has 0 atom stereocenters. The predicted molar refractivity (Wildman–Crippen MR) is 105 cm³/mol. The maximum atomic E-state index is 12.4. The van der Waals surface area contributed by atoms with Gasteiger partial charge < -0.3 is 4.74 Å². The topological polar surface area (TPSA) is 84.5 Å². The van der Waals surface area contributed by atoms with E-state index in [9.17, 15) is 13.2 Å². The van der Waals surface area contributed by atoms with Crippen LogP contribution in [0.2, 0.25) is 5.02 Å². The summed E-state index contributed by atoms with van der Waals surface area (Å²) >= 11 is 5.98. The van der Waals surface area contributed by atoms with Crippen LogP contribution in [0.3, 0.4) is 0 Å². The fourth-order valence-corrected chi connectivity index (χ4v) is 3.52. The first kappa shape index (κ1) is 18.8. The number of para-hydroxylation sites is 2. The molecule has 0 aliphatic rings. The van der Waals surface area contributed by atoms with E-state index in [-0.39, 0.29) is 10.6 Å². The van der Waals surface area contributed by atoms with Crippen LogP contribution in [-0.2, 0) is 10.0 Å². The zero-order chi connectivity index (χ0) is 19.3. The minimum atomic E-state index is -3.81. The summed E-state index contributed by atoms with van der Waals surface area (Å²) < 4.78 is 32.4. The summed E-state index contributed by atoms with van der Waals surface area (Å²) in [6.07, 6.45) is -0.675. The number of ether oxygens (including phenoxy) is 1. The fourth-order valence-electron chi connectivity index (χ4n) is 2.20.